The van der Waals surface area contributed by atoms with Crippen molar-refractivity contribution in [2.75, 3.05) is 5.32 Å². The molecule has 0 aliphatic heterocycles. The van der Waals surface area contributed by atoms with Gasteiger partial charge in [-0.1, -0.05) is 31.5 Å². The van der Waals surface area contributed by atoms with Gasteiger partial charge in [-0.15, -0.1) is 0 Å². The maximum absolute atomic E-state index is 12.8. The second kappa shape index (κ2) is 7.47. The third-order valence-corrected chi connectivity index (χ3v) is 4.46. The summed E-state index contributed by atoms with van der Waals surface area (Å²) in [6.45, 7) is 10.6. The molecule has 4 nitrogen and oxygen atoms in total. The molecule has 0 saturated carbocycles. The highest BCUT2D eigenvalue weighted by Crippen LogP contribution is 2.20. The van der Waals surface area contributed by atoms with Crippen molar-refractivity contribution in [1.82, 2.24) is 4.57 Å². The van der Waals surface area contributed by atoms with Crippen LogP contribution in [0.15, 0.2) is 29.1 Å². The van der Waals surface area contributed by atoms with Gasteiger partial charge in [0, 0.05) is 29.7 Å². The number of para-hydroxylation sites is 1. The van der Waals surface area contributed by atoms with E-state index in [0.29, 0.717) is 0 Å². The van der Waals surface area contributed by atoms with Gasteiger partial charge in [-0.05, 0) is 45.2 Å². The molecular formula is C20H26N2O2. The fraction of sp³-hybridized carbons (Fsp3) is 0.400. The normalized spacial score (nSPS) is 10.7. The van der Waals surface area contributed by atoms with Gasteiger partial charge < -0.3 is 9.88 Å². The molecule has 128 valence electrons. The zero-order chi connectivity index (χ0) is 17.9. The quantitative estimate of drug-likeness (QED) is 0.898. The van der Waals surface area contributed by atoms with Gasteiger partial charge >= 0.3 is 0 Å². The predicted octanol–water partition coefficient (Wildman–Crippen LogP) is 4.13. The second-order valence-electron chi connectivity index (χ2n) is 6.34. The summed E-state index contributed by atoms with van der Waals surface area (Å²) in [4.78, 5) is 25.2. The van der Waals surface area contributed by atoms with E-state index >= 15 is 0 Å². The van der Waals surface area contributed by atoms with Crippen LogP contribution >= 0.6 is 0 Å². The van der Waals surface area contributed by atoms with E-state index in [9.17, 15) is 9.59 Å². The van der Waals surface area contributed by atoms with Crippen molar-refractivity contribution in [2.24, 2.45) is 0 Å². The Morgan fingerprint density at radius 1 is 1.12 bits per heavy atom. The molecule has 1 aromatic carbocycles. The van der Waals surface area contributed by atoms with Gasteiger partial charge in [0.25, 0.3) is 5.91 Å². The molecule has 1 amide bonds. The number of hydrogen-bond acceptors (Lipinski definition) is 2. The van der Waals surface area contributed by atoms with Crippen molar-refractivity contribution in [3.05, 3.63) is 62.6 Å². The molecule has 0 spiro atoms. The average Bonchev–Trinajstić information content (AvgIpc) is 2.50. The number of benzene rings is 1. The van der Waals surface area contributed by atoms with Gasteiger partial charge in [-0.3, -0.25) is 9.59 Å². The maximum atomic E-state index is 12.8. The fourth-order valence-electron chi connectivity index (χ4n) is 3.04. The molecule has 4 heteroatoms. The molecule has 0 atom stereocenters. The molecule has 0 radical (unpaired) electrons. The van der Waals surface area contributed by atoms with E-state index in [0.717, 1.165) is 47.6 Å². The van der Waals surface area contributed by atoms with Crippen molar-refractivity contribution >= 4 is 11.6 Å². The highest BCUT2D eigenvalue weighted by atomic mass is 16.2. The van der Waals surface area contributed by atoms with Gasteiger partial charge in [0.15, 0.2) is 5.43 Å². The third kappa shape index (κ3) is 3.58. The molecule has 2 rings (SSSR count). The number of anilines is 1. The zero-order valence-corrected chi connectivity index (χ0v) is 15.2. The third-order valence-electron chi connectivity index (χ3n) is 4.46. The molecule has 1 heterocycles. The number of nitrogens with one attached hydrogen (secondary N) is 1. The van der Waals surface area contributed by atoms with Crippen molar-refractivity contribution in [3.8, 4) is 0 Å². The van der Waals surface area contributed by atoms with Crippen LogP contribution in [0.5, 0.6) is 0 Å². The molecular weight excluding hydrogens is 300 g/mol. The van der Waals surface area contributed by atoms with Gasteiger partial charge in [0.2, 0.25) is 0 Å². The first-order valence-corrected chi connectivity index (χ1v) is 8.45. The van der Waals surface area contributed by atoms with Crippen LogP contribution in [0.1, 0.15) is 52.6 Å². The molecule has 24 heavy (non-hydrogen) atoms. The Bertz CT molecular complexity index is 799. The minimum Gasteiger partial charge on any atom is -0.348 e. The molecule has 1 aromatic heterocycles. The number of pyridine rings is 1. The van der Waals surface area contributed by atoms with Crippen molar-refractivity contribution in [3.63, 3.8) is 0 Å². The van der Waals surface area contributed by atoms with Crippen LogP contribution in [0, 0.1) is 27.7 Å². The van der Waals surface area contributed by atoms with E-state index in [1.807, 2.05) is 45.9 Å². The van der Waals surface area contributed by atoms with Gasteiger partial charge in [0.05, 0.1) is 0 Å². The molecule has 0 unspecified atom stereocenters. The van der Waals surface area contributed by atoms with Gasteiger partial charge in [-0.2, -0.15) is 0 Å². The predicted molar refractivity (Wildman–Crippen MR) is 99.0 cm³/mol. The summed E-state index contributed by atoms with van der Waals surface area (Å²) in [6.07, 6.45) is 2.08. The SMILES string of the molecule is CCCCn1c(C)cc(=O)c(C(=O)Nc2c(C)cccc2C)c1C. The molecule has 1 N–H and O–H groups in total. The second-order valence-corrected chi connectivity index (χ2v) is 6.34. The summed E-state index contributed by atoms with van der Waals surface area (Å²) in [5.74, 6) is -0.333. The summed E-state index contributed by atoms with van der Waals surface area (Å²) in [5.41, 5.74) is 4.40. The van der Waals surface area contributed by atoms with E-state index in [4.69, 9.17) is 0 Å². The van der Waals surface area contributed by atoms with Crippen LogP contribution < -0.4 is 10.7 Å². The summed E-state index contributed by atoms with van der Waals surface area (Å²) in [7, 11) is 0. The van der Waals surface area contributed by atoms with Crippen LogP contribution in [0.25, 0.3) is 0 Å². The first-order chi connectivity index (χ1) is 11.4. The Kier molecular flexibility index (Phi) is 5.60. The van der Waals surface area contributed by atoms with Crippen LogP contribution in [0.3, 0.4) is 0 Å². The zero-order valence-electron chi connectivity index (χ0n) is 15.2. The van der Waals surface area contributed by atoms with Crippen molar-refractivity contribution in [2.45, 2.75) is 54.0 Å². The Hall–Kier alpha value is -2.36. The number of aryl methyl sites for hydroxylation is 3. The molecule has 0 bridgehead atoms. The summed E-state index contributed by atoms with van der Waals surface area (Å²) in [5, 5.41) is 2.93. The Morgan fingerprint density at radius 3 is 2.33 bits per heavy atom. The molecule has 0 aliphatic carbocycles. The lowest BCUT2D eigenvalue weighted by atomic mass is 10.1. The monoisotopic (exact) mass is 326 g/mol. The van der Waals surface area contributed by atoms with Gasteiger partial charge in [0.1, 0.15) is 5.56 Å². The van der Waals surface area contributed by atoms with Crippen LogP contribution in [-0.4, -0.2) is 10.5 Å². The summed E-state index contributed by atoms with van der Waals surface area (Å²) < 4.78 is 2.06. The Balaban J connectivity index is 2.44. The smallest absolute Gasteiger partial charge is 0.261 e. The highest BCUT2D eigenvalue weighted by Gasteiger charge is 2.18. The number of aromatic nitrogens is 1. The van der Waals surface area contributed by atoms with Gasteiger partial charge in [-0.25, -0.2) is 0 Å². The summed E-state index contributed by atoms with van der Waals surface area (Å²) in [6, 6.07) is 7.41. The van der Waals surface area contributed by atoms with E-state index in [2.05, 4.69) is 16.8 Å². The molecule has 0 aliphatic rings. The molecule has 0 saturated heterocycles. The number of carbonyl (C=O) groups is 1. The standard InChI is InChI=1S/C20H26N2O2/c1-6-7-11-22-15(4)12-17(23)18(16(22)5)20(24)21-19-13(2)9-8-10-14(19)3/h8-10,12H,6-7,11H2,1-5H3,(H,21,24). The highest BCUT2D eigenvalue weighted by molar-refractivity contribution is 6.05. The topological polar surface area (TPSA) is 51.1 Å². The number of rotatable bonds is 5. The average molecular weight is 326 g/mol. The minimum absolute atomic E-state index is 0.221. The van der Waals surface area contributed by atoms with Crippen LogP contribution in [-0.2, 0) is 6.54 Å². The number of amides is 1. The molecule has 0 fully saturated rings. The lowest BCUT2D eigenvalue weighted by molar-refractivity contribution is 0.102. The molecule has 2 aromatic rings. The Morgan fingerprint density at radius 2 is 1.75 bits per heavy atom. The lowest BCUT2D eigenvalue weighted by Gasteiger charge is -2.18. The van der Waals surface area contributed by atoms with Crippen molar-refractivity contribution in [1.29, 1.82) is 0 Å². The minimum atomic E-state index is -0.333. The van der Waals surface area contributed by atoms with E-state index < -0.39 is 0 Å². The summed E-state index contributed by atoms with van der Waals surface area (Å²) >= 11 is 0. The fourth-order valence-corrected chi connectivity index (χ4v) is 3.04. The number of unbranched alkanes of at least 4 members (excludes halogenated alkanes) is 1. The first kappa shape index (κ1) is 18.0. The number of hydrogen-bond donors (Lipinski definition) is 1. The van der Waals surface area contributed by atoms with Crippen LogP contribution in [0.2, 0.25) is 0 Å². The number of nitrogens with zero attached hydrogens (tertiary/aromatic N) is 1. The largest absolute Gasteiger partial charge is 0.348 e. The van der Waals surface area contributed by atoms with E-state index in [1.165, 1.54) is 0 Å². The first-order valence-electron chi connectivity index (χ1n) is 8.45. The maximum Gasteiger partial charge on any atom is 0.261 e. The number of carbonyl (C=O) groups excluding carboxylic acids is 1. The lowest BCUT2D eigenvalue weighted by Crippen LogP contribution is -2.27. The Labute approximate surface area is 143 Å². The van der Waals surface area contributed by atoms with Crippen molar-refractivity contribution < 1.29 is 4.79 Å². The van der Waals surface area contributed by atoms with Crippen LogP contribution in [0.4, 0.5) is 5.69 Å². The van der Waals surface area contributed by atoms with E-state index in [1.54, 1.807) is 6.07 Å². The van der Waals surface area contributed by atoms with E-state index in [-0.39, 0.29) is 16.9 Å².